The fourth-order valence-corrected chi connectivity index (χ4v) is 5.40. The number of ether oxygens (including phenoxy) is 1. The Morgan fingerprint density at radius 3 is 2.39 bits per heavy atom. The Balaban J connectivity index is 1.72. The van der Waals surface area contributed by atoms with Crippen molar-refractivity contribution in [3.05, 3.63) is 84.2 Å². The summed E-state index contributed by atoms with van der Waals surface area (Å²) in [6.07, 6.45) is -0.994. The molecule has 33 heavy (non-hydrogen) atoms. The smallest absolute Gasteiger partial charge is 0.264 e. The molecule has 0 fully saturated rings. The molecule has 1 unspecified atom stereocenters. The normalized spacial score (nSPS) is 12.6. The molecule has 0 aliphatic rings. The molecule has 3 aromatic carbocycles. The summed E-state index contributed by atoms with van der Waals surface area (Å²) in [5.74, 6) is 1.16. The van der Waals surface area contributed by atoms with Crippen molar-refractivity contribution in [2.24, 2.45) is 0 Å². The third kappa shape index (κ3) is 4.58. The summed E-state index contributed by atoms with van der Waals surface area (Å²) in [4.78, 5) is 4.68. The van der Waals surface area contributed by atoms with Gasteiger partial charge in [0, 0.05) is 0 Å². The number of nitrogens with zero attached hydrogens (tertiary/aromatic N) is 3. The van der Waals surface area contributed by atoms with Crippen LogP contribution in [0.4, 0.5) is 5.69 Å². The fraction of sp³-hybridized carbons (Fsp3) is 0.240. The molecule has 4 rings (SSSR count). The standard InChI is InChI=1S/C25H27N3O4S/c1-18-12-14-21(15-13-18)33(30,31)28(24-10-6-7-11-25(24)32-3)17-20(29)16-27-19(2)26-22-8-4-5-9-23(22)27/h4-15,20,29H,16-17H2,1-3H3. The van der Waals surface area contributed by atoms with E-state index < -0.39 is 16.1 Å². The maximum Gasteiger partial charge on any atom is 0.264 e. The molecule has 0 saturated carbocycles. The first-order valence-corrected chi connectivity index (χ1v) is 12.1. The van der Waals surface area contributed by atoms with E-state index in [1.807, 2.05) is 42.7 Å². The Morgan fingerprint density at radius 2 is 1.67 bits per heavy atom. The van der Waals surface area contributed by atoms with Crippen LogP contribution in [0.1, 0.15) is 11.4 Å². The molecule has 0 bridgehead atoms. The number of aromatic nitrogens is 2. The lowest BCUT2D eigenvalue weighted by molar-refractivity contribution is 0.163. The molecule has 1 N–H and O–H groups in total. The van der Waals surface area contributed by atoms with Crippen molar-refractivity contribution in [1.29, 1.82) is 0 Å². The summed E-state index contributed by atoms with van der Waals surface area (Å²) >= 11 is 0. The van der Waals surface area contributed by atoms with Gasteiger partial charge in [0.2, 0.25) is 0 Å². The van der Waals surface area contributed by atoms with Crippen LogP contribution in [0.25, 0.3) is 11.0 Å². The van der Waals surface area contributed by atoms with Gasteiger partial charge in [-0.15, -0.1) is 0 Å². The number of benzene rings is 3. The van der Waals surface area contributed by atoms with Crippen LogP contribution in [-0.2, 0) is 16.6 Å². The number of anilines is 1. The number of aliphatic hydroxyl groups is 1. The molecule has 0 saturated heterocycles. The summed E-state index contributed by atoms with van der Waals surface area (Å²) in [7, 11) is -2.47. The molecule has 4 aromatic rings. The van der Waals surface area contributed by atoms with Crippen LogP contribution >= 0.6 is 0 Å². The van der Waals surface area contributed by atoms with Gasteiger partial charge in [0.25, 0.3) is 10.0 Å². The first-order chi connectivity index (χ1) is 15.8. The monoisotopic (exact) mass is 465 g/mol. The predicted octanol–water partition coefficient (Wildman–Crippen LogP) is 3.92. The van der Waals surface area contributed by atoms with Gasteiger partial charge in [-0.2, -0.15) is 0 Å². The molecule has 1 atom stereocenters. The number of methoxy groups -OCH3 is 1. The number of rotatable bonds is 8. The molecule has 0 aliphatic heterocycles. The summed E-state index contributed by atoms with van der Waals surface area (Å²) < 4.78 is 35.9. The molecule has 1 heterocycles. The highest BCUT2D eigenvalue weighted by molar-refractivity contribution is 7.92. The first kappa shape index (κ1) is 22.8. The highest BCUT2D eigenvalue weighted by atomic mass is 32.2. The van der Waals surface area contributed by atoms with E-state index in [-0.39, 0.29) is 18.0 Å². The largest absolute Gasteiger partial charge is 0.495 e. The summed E-state index contributed by atoms with van der Waals surface area (Å²) in [6.45, 7) is 3.81. The quantitative estimate of drug-likeness (QED) is 0.426. The maximum atomic E-state index is 13.7. The molecule has 172 valence electrons. The van der Waals surface area contributed by atoms with Crippen molar-refractivity contribution in [3.8, 4) is 5.75 Å². The van der Waals surface area contributed by atoms with Crippen molar-refractivity contribution in [2.45, 2.75) is 31.4 Å². The van der Waals surface area contributed by atoms with Crippen molar-refractivity contribution < 1.29 is 18.3 Å². The Hall–Kier alpha value is -3.36. The summed E-state index contributed by atoms with van der Waals surface area (Å²) in [6, 6.07) is 21.2. The number of sulfonamides is 1. The molecule has 0 amide bonds. The van der Waals surface area contributed by atoms with Crippen molar-refractivity contribution in [1.82, 2.24) is 9.55 Å². The zero-order valence-corrected chi connectivity index (χ0v) is 19.7. The highest BCUT2D eigenvalue weighted by Crippen LogP contribution is 2.32. The van der Waals surface area contributed by atoms with E-state index in [0.29, 0.717) is 11.4 Å². The second-order valence-electron chi connectivity index (χ2n) is 7.93. The Kier molecular flexibility index (Phi) is 6.40. The lowest BCUT2D eigenvalue weighted by atomic mass is 10.2. The minimum atomic E-state index is -3.96. The number of imidazole rings is 1. The Labute approximate surface area is 193 Å². The van der Waals surface area contributed by atoms with E-state index in [1.165, 1.54) is 11.4 Å². The number of aryl methyl sites for hydroxylation is 2. The van der Waals surface area contributed by atoms with Crippen LogP contribution in [0.2, 0.25) is 0 Å². The van der Waals surface area contributed by atoms with Crippen LogP contribution in [0.5, 0.6) is 5.75 Å². The molecular formula is C25H27N3O4S. The number of fused-ring (bicyclic) bond motifs is 1. The average molecular weight is 466 g/mol. The van der Waals surface area contributed by atoms with Crippen molar-refractivity contribution in [2.75, 3.05) is 18.0 Å². The van der Waals surface area contributed by atoms with E-state index in [4.69, 9.17) is 4.74 Å². The zero-order chi connectivity index (χ0) is 23.6. The molecule has 0 aliphatic carbocycles. The minimum Gasteiger partial charge on any atom is -0.495 e. The van der Waals surface area contributed by atoms with Gasteiger partial charge in [-0.1, -0.05) is 42.0 Å². The molecule has 0 radical (unpaired) electrons. The molecule has 1 aromatic heterocycles. The fourth-order valence-electron chi connectivity index (χ4n) is 3.89. The van der Waals surface area contributed by atoms with E-state index in [1.54, 1.807) is 48.5 Å². The topological polar surface area (TPSA) is 84.7 Å². The van der Waals surface area contributed by atoms with Crippen LogP contribution < -0.4 is 9.04 Å². The summed E-state index contributed by atoms with van der Waals surface area (Å²) in [5.41, 5.74) is 3.04. The second-order valence-corrected chi connectivity index (χ2v) is 9.80. The van der Waals surface area contributed by atoms with Gasteiger partial charge in [-0.3, -0.25) is 4.31 Å². The van der Waals surface area contributed by atoms with Gasteiger partial charge in [0.1, 0.15) is 11.6 Å². The average Bonchev–Trinajstić information content (AvgIpc) is 3.12. The van der Waals surface area contributed by atoms with E-state index >= 15 is 0 Å². The number of aliphatic hydroxyl groups excluding tert-OH is 1. The van der Waals surface area contributed by atoms with Gasteiger partial charge >= 0.3 is 0 Å². The molecule has 0 spiro atoms. The van der Waals surface area contributed by atoms with Crippen molar-refractivity contribution in [3.63, 3.8) is 0 Å². The highest BCUT2D eigenvalue weighted by Gasteiger charge is 2.29. The van der Waals surface area contributed by atoms with Gasteiger partial charge in [-0.05, 0) is 50.2 Å². The van der Waals surface area contributed by atoms with Gasteiger partial charge < -0.3 is 14.4 Å². The van der Waals surface area contributed by atoms with Gasteiger partial charge in [0.15, 0.2) is 0 Å². The van der Waals surface area contributed by atoms with Gasteiger partial charge in [0.05, 0.1) is 47.9 Å². The van der Waals surface area contributed by atoms with E-state index in [2.05, 4.69) is 4.98 Å². The predicted molar refractivity (Wildman–Crippen MR) is 129 cm³/mol. The first-order valence-electron chi connectivity index (χ1n) is 10.6. The number of hydrogen-bond donors (Lipinski definition) is 1. The molecule has 8 heteroatoms. The lowest BCUT2D eigenvalue weighted by Gasteiger charge is -2.28. The molecular weight excluding hydrogens is 438 g/mol. The lowest BCUT2D eigenvalue weighted by Crippen LogP contribution is -2.39. The third-order valence-electron chi connectivity index (χ3n) is 5.58. The zero-order valence-electron chi connectivity index (χ0n) is 18.8. The minimum absolute atomic E-state index is 0.149. The number of hydrogen-bond acceptors (Lipinski definition) is 5. The Morgan fingerprint density at radius 1 is 1.00 bits per heavy atom. The maximum absolute atomic E-state index is 13.7. The van der Waals surface area contributed by atoms with Crippen LogP contribution in [0.3, 0.4) is 0 Å². The summed E-state index contributed by atoms with van der Waals surface area (Å²) in [5, 5.41) is 11.1. The van der Waals surface area contributed by atoms with Crippen molar-refractivity contribution >= 4 is 26.7 Å². The third-order valence-corrected chi connectivity index (χ3v) is 7.37. The van der Waals surface area contributed by atoms with E-state index in [9.17, 15) is 13.5 Å². The SMILES string of the molecule is COc1ccccc1N(CC(O)Cn1c(C)nc2ccccc21)S(=O)(=O)c1ccc(C)cc1. The van der Waals surface area contributed by atoms with Crippen LogP contribution in [-0.4, -0.2) is 42.8 Å². The van der Waals surface area contributed by atoms with Crippen LogP contribution in [0.15, 0.2) is 77.7 Å². The second kappa shape index (κ2) is 9.25. The molecule has 7 nitrogen and oxygen atoms in total. The van der Waals surface area contributed by atoms with E-state index in [0.717, 1.165) is 22.4 Å². The van der Waals surface area contributed by atoms with Crippen LogP contribution in [0, 0.1) is 13.8 Å². The van der Waals surface area contributed by atoms with Gasteiger partial charge in [-0.25, -0.2) is 13.4 Å². The Bertz CT molecular complexity index is 1360. The number of para-hydroxylation sites is 4.